The number of pyridine rings is 1. The van der Waals surface area contributed by atoms with E-state index in [2.05, 4.69) is 16.9 Å². The average molecular weight is 190 g/mol. The first-order valence-electron chi connectivity index (χ1n) is 4.13. The van der Waals surface area contributed by atoms with E-state index < -0.39 is 0 Å². The minimum Gasteiger partial charge on any atom is -0.255 e. The summed E-state index contributed by atoms with van der Waals surface area (Å²) in [6.45, 7) is 4.10. The van der Waals surface area contributed by atoms with E-state index in [1.165, 1.54) is 4.88 Å². The van der Waals surface area contributed by atoms with Crippen LogP contribution in [0.4, 0.5) is 0 Å². The van der Waals surface area contributed by atoms with Crippen LogP contribution < -0.4 is 0 Å². The first-order valence-corrected chi connectivity index (χ1v) is 4.94. The van der Waals surface area contributed by atoms with Gasteiger partial charge in [0, 0.05) is 11.1 Å². The van der Waals surface area contributed by atoms with Crippen LogP contribution in [0.25, 0.3) is 11.4 Å². The number of aromatic nitrogens is 2. The van der Waals surface area contributed by atoms with Gasteiger partial charge in [-0.3, -0.25) is 4.98 Å². The molecule has 3 heteroatoms. The van der Waals surface area contributed by atoms with Crippen LogP contribution >= 0.6 is 11.3 Å². The quantitative estimate of drug-likeness (QED) is 0.691. The van der Waals surface area contributed by atoms with Crippen molar-refractivity contribution in [3.05, 3.63) is 34.3 Å². The molecule has 2 heterocycles. The average Bonchev–Trinajstić information content (AvgIpc) is 2.47. The van der Waals surface area contributed by atoms with E-state index in [1.807, 2.05) is 25.1 Å². The van der Waals surface area contributed by atoms with Gasteiger partial charge in [0.25, 0.3) is 0 Å². The lowest BCUT2D eigenvalue weighted by Gasteiger charge is -1.95. The predicted octanol–water partition coefficient (Wildman–Crippen LogP) is 2.82. The van der Waals surface area contributed by atoms with Crippen molar-refractivity contribution in [2.45, 2.75) is 13.8 Å². The Labute approximate surface area is 81.3 Å². The lowest BCUT2D eigenvalue weighted by atomic mass is 10.2. The lowest BCUT2D eigenvalue weighted by Crippen LogP contribution is -1.83. The second-order valence-electron chi connectivity index (χ2n) is 2.85. The summed E-state index contributed by atoms with van der Waals surface area (Å²) in [6, 6.07) is 5.88. The minimum atomic E-state index is 0.962. The van der Waals surface area contributed by atoms with Gasteiger partial charge in [0.15, 0.2) is 0 Å². The number of rotatable bonds is 1. The Morgan fingerprint density at radius 3 is 2.62 bits per heavy atom. The highest BCUT2D eigenvalue weighted by Gasteiger charge is 2.07. The van der Waals surface area contributed by atoms with Gasteiger partial charge in [-0.05, 0) is 26.0 Å². The highest BCUT2D eigenvalue weighted by atomic mass is 32.1. The molecule has 0 spiro atoms. The van der Waals surface area contributed by atoms with E-state index >= 15 is 0 Å². The zero-order valence-corrected chi connectivity index (χ0v) is 8.43. The second kappa shape index (κ2) is 3.26. The van der Waals surface area contributed by atoms with E-state index in [4.69, 9.17) is 0 Å². The smallest absolute Gasteiger partial charge is 0.103 e. The zero-order chi connectivity index (χ0) is 9.26. The summed E-state index contributed by atoms with van der Waals surface area (Å²) in [5.74, 6) is 0. The molecule has 0 bridgehead atoms. The van der Waals surface area contributed by atoms with Gasteiger partial charge in [0.2, 0.25) is 0 Å². The maximum Gasteiger partial charge on any atom is 0.103 e. The van der Waals surface area contributed by atoms with Gasteiger partial charge in [-0.15, -0.1) is 11.3 Å². The topological polar surface area (TPSA) is 25.8 Å². The van der Waals surface area contributed by atoms with Gasteiger partial charge < -0.3 is 0 Å². The number of hydrogen-bond donors (Lipinski definition) is 0. The Morgan fingerprint density at radius 1 is 1.23 bits per heavy atom. The summed E-state index contributed by atoms with van der Waals surface area (Å²) in [6.07, 6.45) is 1.80. The van der Waals surface area contributed by atoms with Crippen molar-refractivity contribution in [1.82, 2.24) is 9.97 Å². The van der Waals surface area contributed by atoms with Crippen molar-refractivity contribution in [2.75, 3.05) is 0 Å². The first-order chi connectivity index (χ1) is 6.27. The predicted molar refractivity (Wildman–Crippen MR) is 54.8 cm³/mol. The molecule has 0 aliphatic rings. The standard InChI is InChI=1S/C10H10N2S/c1-7-10(12-8(2)13-7)9-5-3-4-6-11-9/h3-6H,1-2H3. The Hall–Kier alpha value is -1.22. The molecular formula is C10H10N2S. The third kappa shape index (κ3) is 1.60. The number of aryl methyl sites for hydroxylation is 2. The van der Waals surface area contributed by atoms with Gasteiger partial charge in [0.1, 0.15) is 5.69 Å². The molecule has 66 valence electrons. The summed E-state index contributed by atoms with van der Waals surface area (Å²) in [7, 11) is 0. The maximum atomic E-state index is 4.44. The Morgan fingerprint density at radius 2 is 2.08 bits per heavy atom. The fraction of sp³-hybridized carbons (Fsp3) is 0.200. The van der Waals surface area contributed by atoms with Crippen molar-refractivity contribution in [2.24, 2.45) is 0 Å². The molecular weight excluding hydrogens is 180 g/mol. The summed E-state index contributed by atoms with van der Waals surface area (Å²) in [5.41, 5.74) is 1.98. The molecule has 2 aromatic heterocycles. The fourth-order valence-corrected chi connectivity index (χ4v) is 2.10. The SMILES string of the molecule is Cc1nc(-c2ccccn2)c(C)s1. The van der Waals surface area contributed by atoms with Crippen LogP contribution in [0.5, 0.6) is 0 Å². The van der Waals surface area contributed by atoms with Crippen LogP contribution in [0.1, 0.15) is 9.88 Å². The maximum absolute atomic E-state index is 4.44. The summed E-state index contributed by atoms with van der Waals surface area (Å²) >= 11 is 1.71. The molecule has 0 saturated carbocycles. The Kier molecular flexibility index (Phi) is 2.10. The molecule has 2 aromatic rings. The van der Waals surface area contributed by atoms with Crippen LogP contribution in [0.3, 0.4) is 0 Å². The van der Waals surface area contributed by atoms with Crippen molar-refractivity contribution in [1.29, 1.82) is 0 Å². The Bertz CT molecular complexity index is 406. The van der Waals surface area contributed by atoms with E-state index in [1.54, 1.807) is 17.5 Å². The van der Waals surface area contributed by atoms with Crippen LogP contribution in [0.2, 0.25) is 0 Å². The van der Waals surface area contributed by atoms with Crippen molar-refractivity contribution in [3.63, 3.8) is 0 Å². The van der Waals surface area contributed by atoms with E-state index in [-0.39, 0.29) is 0 Å². The first kappa shape index (κ1) is 8.38. The van der Waals surface area contributed by atoms with Crippen LogP contribution in [0, 0.1) is 13.8 Å². The second-order valence-corrected chi connectivity index (χ2v) is 4.26. The third-order valence-electron chi connectivity index (χ3n) is 1.81. The van der Waals surface area contributed by atoms with E-state index in [0.717, 1.165) is 16.4 Å². The minimum absolute atomic E-state index is 0.962. The zero-order valence-electron chi connectivity index (χ0n) is 7.61. The molecule has 0 unspecified atom stereocenters. The molecule has 0 fully saturated rings. The molecule has 2 nitrogen and oxygen atoms in total. The summed E-state index contributed by atoms with van der Waals surface area (Å²) < 4.78 is 0. The lowest BCUT2D eigenvalue weighted by molar-refractivity contribution is 1.23. The van der Waals surface area contributed by atoms with Gasteiger partial charge in [-0.1, -0.05) is 6.07 Å². The molecule has 2 rings (SSSR count). The molecule has 13 heavy (non-hydrogen) atoms. The molecule has 0 N–H and O–H groups in total. The number of nitrogens with zero attached hydrogens (tertiary/aromatic N) is 2. The van der Waals surface area contributed by atoms with Crippen LogP contribution in [0.15, 0.2) is 24.4 Å². The van der Waals surface area contributed by atoms with Crippen molar-refractivity contribution >= 4 is 11.3 Å². The molecule has 0 amide bonds. The molecule has 0 saturated heterocycles. The van der Waals surface area contributed by atoms with Gasteiger partial charge in [-0.2, -0.15) is 0 Å². The summed E-state index contributed by atoms with van der Waals surface area (Å²) in [4.78, 5) is 9.94. The van der Waals surface area contributed by atoms with Crippen molar-refractivity contribution in [3.8, 4) is 11.4 Å². The van der Waals surface area contributed by atoms with Gasteiger partial charge in [-0.25, -0.2) is 4.98 Å². The van der Waals surface area contributed by atoms with Gasteiger partial charge >= 0.3 is 0 Å². The van der Waals surface area contributed by atoms with Crippen LogP contribution in [-0.2, 0) is 0 Å². The fourth-order valence-electron chi connectivity index (χ4n) is 1.27. The summed E-state index contributed by atoms with van der Waals surface area (Å²) in [5, 5.41) is 1.10. The molecule has 0 atom stereocenters. The Balaban J connectivity index is 2.53. The molecule has 0 radical (unpaired) electrons. The highest BCUT2D eigenvalue weighted by molar-refractivity contribution is 7.11. The number of hydrogen-bond acceptors (Lipinski definition) is 3. The van der Waals surface area contributed by atoms with Crippen molar-refractivity contribution < 1.29 is 0 Å². The number of thiazole rings is 1. The van der Waals surface area contributed by atoms with E-state index in [0.29, 0.717) is 0 Å². The molecule has 0 aromatic carbocycles. The highest BCUT2D eigenvalue weighted by Crippen LogP contribution is 2.24. The van der Waals surface area contributed by atoms with Gasteiger partial charge in [0.05, 0.1) is 10.7 Å². The third-order valence-corrected chi connectivity index (χ3v) is 2.70. The van der Waals surface area contributed by atoms with E-state index in [9.17, 15) is 0 Å². The molecule has 0 aliphatic carbocycles. The largest absolute Gasteiger partial charge is 0.255 e. The molecule has 0 aliphatic heterocycles. The normalized spacial score (nSPS) is 10.3. The monoisotopic (exact) mass is 190 g/mol. The van der Waals surface area contributed by atoms with Crippen LogP contribution in [-0.4, -0.2) is 9.97 Å².